The Morgan fingerprint density at radius 1 is 1.06 bits per heavy atom. The largest absolute Gasteiger partial charge is 0.507 e. The third kappa shape index (κ3) is 4.74. The van der Waals surface area contributed by atoms with Gasteiger partial charge in [0, 0.05) is 11.8 Å². The second kappa shape index (κ2) is 9.52. The molecule has 8 nitrogen and oxygen atoms in total. The van der Waals surface area contributed by atoms with E-state index in [0.29, 0.717) is 18.4 Å². The average molecular weight is 456 g/mol. The van der Waals surface area contributed by atoms with Crippen LogP contribution in [0.3, 0.4) is 0 Å². The van der Waals surface area contributed by atoms with Crippen LogP contribution in [0.25, 0.3) is 11.0 Å². The van der Waals surface area contributed by atoms with E-state index >= 15 is 0 Å². The number of ether oxygens (including phenoxy) is 2. The number of phenolic OH excluding ortho intramolecular Hbond substituents is 1. The summed E-state index contributed by atoms with van der Waals surface area (Å²) in [4.78, 5) is 13.1. The maximum atomic E-state index is 13.1. The molecule has 2 aromatic carbocycles. The first-order valence-electron chi connectivity index (χ1n) is 11.0. The second-order valence-electron chi connectivity index (χ2n) is 8.41. The first-order valence-corrected chi connectivity index (χ1v) is 11.0. The van der Waals surface area contributed by atoms with Crippen LogP contribution in [-0.4, -0.2) is 56.9 Å². The van der Waals surface area contributed by atoms with Gasteiger partial charge in [0.15, 0.2) is 5.78 Å². The molecule has 5 unspecified atom stereocenters. The van der Waals surface area contributed by atoms with Crippen molar-refractivity contribution in [2.75, 3.05) is 0 Å². The minimum atomic E-state index is -1.53. The molecule has 0 radical (unpaired) electrons. The molecule has 0 spiro atoms. The number of fused-ring (bicyclic) bond motifs is 1. The van der Waals surface area contributed by atoms with Crippen LogP contribution in [0.15, 0.2) is 47.1 Å². The zero-order valence-electron chi connectivity index (χ0n) is 18.5. The summed E-state index contributed by atoms with van der Waals surface area (Å²) in [7, 11) is 0. The number of Topliss-reactive ketones (excluding diaryl/α,β-unsaturated/α-hetero) is 1. The Balaban J connectivity index is 1.55. The number of carbonyl (C=O) groups excluding carboxylic acids is 1. The number of phenols is 1. The molecule has 0 saturated carbocycles. The van der Waals surface area contributed by atoms with Gasteiger partial charge in [-0.25, -0.2) is 0 Å². The molecule has 0 amide bonds. The van der Waals surface area contributed by atoms with Gasteiger partial charge in [0.1, 0.15) is 41.0 Å². The number of furan rings is 1. The molecule has 0 bridgehead atoms. The van der Waals surface area contributed by atoms with Crippen molar-refractivity contribution in [2.45, 2.75) is 63.8 Å². The Hall–Kier alpha value is -2.91. The molecular weight excluding hydrogens is 428 g/mol. The summed E-state index contributed by atoms with van der Waals surface area (Å²) in [6.45, 7) is 3.50. The quantitative estimate of drug-likeness (QED) is 0.400. The van der Waals surface area contributed by atoms with Crippen LogP contribution < -0.4 is 4.74 Å². The van der Waals surface area contributed by atoms with E-state index in [1.165, 1.54) is 6.07 Å². The summed E-state index contributed by atoms with van der Waals surface area (Å²) >= 11 is 0. The van der Waals surface area contributed by atoms with Crippen LogP contribution >= 0.6 is 0 Å². The molecule has 4 N–H and O–H groups in total. The molecule has 4 rings (SSSR count). The minimum absolute atomic E-state index is 0.0190. The van der Waals surface area contributed by atoms with Crippen molar-refractivity contribution >= 4 is 16.8 Å². The highest BCUT2D eigenvalue weighted by molar-refractivity contribution is 6.01. The summed E-state index contributed by atoms with van der Waals surface area (Å²) in [6.07, 6.45) is -3.77. The zero-order valence-corrected chi connectivity index (χ0v) is 18.5. The van der Waals surface area contributed by atoms with Crippen LogP contribution in [0.2, 0.25) is 0 Å². The maximum Gasteiger partial charge on any atom is 0.229 e. The lowest BCUT2D eigenvalue weighted by Gasteiger charge is -2.40. The van der Waals surface area contributed by atoms with Crippen molar-refractivity contribution in [3.8, 4) is 11.5 Å². The predicted octanol–water partition coefficient (Wildman–Crippen LogP) is 2.86. The van der Waals surface area contributed by atoms with Crippen LogP contribution in [0, 0.1) is 6.92 Å². The number of ketones is 1. The minimum Gasteiger partial charge on any atom is -0.507 e. The third-order valence-corrected chi connectivity index (χ3v) is 5.98. The lowest BCUT2D eigenvalue weighted by Crippen LogP contribution is -2.59. The normalized spacial score (nSPS) is 25.3. The first kappa shape index (κ1) is 23.3. The van der Waals surface area contributed by atoms with Gasteiger partial charge in [-0.05, 0) is 61.2 Å². The molecule has 176 valence electrons. The highest BCUT2D eigenvalue weighted by atomic mass is 16.7. The van der Waals surface area contributed by atoms with E-state index in [0.717, 1.165) is 16.5 Å². The topological polar surface area (TPSA) is 130 Å². The van der Waals surface area contributed by atoms with Crippen LogP contribution in [-0.2, 0) is 11.2 Å². The van der Waals surface area contributed by atoms with Gasteiger partial charge in [0.2, 0.25) is 6.29 Å². The highest BCUT2D eigenvalue weighted by Crippen LogP contribution is 2.34. The van der Waals surface area contributed by atoms with Crippen molar-refractivity contribution in [1.82, 2.24) is 0 Å². The fraction of sp³-hybridized carbons (Fsp3) is 0.400. The fourth-order valence-corrected chi connectivity index (χ4v) is 4.14. The van der Waals surface area contributed by atoms with Gasteiger partial charge in [-0.3, -0.25) is 4.79 Å². The molecule has 0 aliphatic carbocycles. The third-order valence-electron chi connectivity index (χ3n) is 5.98. The van der Waals surface area contributed by atoms with E-state index in [-0.39, 0.29) is 29.3 Å². The van der Waals surface area contributed by atoms with Crippen molar-refractivity contribution in [3.63, 3.8) is 0 Å². The number of aromatic hydroxyl groups is 1. The summed E-state index contributed by atoms with van der Waals surface area (Å²) in [5, 5.41) is 42.1. The Labute approximate surface area is 191 Å². The molecule has 5 atom stereocenters. The number of carbonyl (C=O) groups is 1. The predicted molar refractivity (Wildman–Crippen MR) is 119 cm³/mol. The van der Waals surface area contributed by atoms with Crippen molar-refractivity contribution in [2.24, 2.45) is 0 Å². The van der Waals surface area contributed by atoms with E-state index in [4.69, 9.17) is 13.9 Å². The van der Waals surface area contributed by atoms with Crippen LogP contribution in [0.5, 0.6) is 11.5 Å². The van der Waals surface area contributed by atoms with Gasteiger partial charge in [0.05, 0.1) is 12.4 Å². The van der Waals surface area contributed by atoms with Crippen LogP contribution in [0.1, 0.15) is 41.3 Å². The van der Waals surface area contributed by atoms with Gasteiger partial charge >= 0.3 is 0 Å². The van der Waals surface area contributed by atoms with Gasteiger partial charge in [0.25, 0.3) is 0 Å². The molecule has 1 saturated heterocycles. The SMILES string of the molecule is CCC1OC(Oc2cc(C)cc(O)c2C(=O)CCc2ccc3occc3c2)C(O)C(O)C1O. The Morgan fingerprint density at radius 2 is 1.85 bits per heavy atom. The van der Waals surface area contributed by atoms with Gasteiger partial charge in [-0.15, -0.1) is 0 Å². The lowest BCUT2D eigenvalue weighted by molar-refractivity contribution is -0.272. The number of hydrogen-bond acceptors (Lipinski definition) is 8. The molecule has 33 heavy (non-hydrogen) atoms. The number of hydrogen-bond donors (Lipinski definition) is 4. The Kier molecular flexibility index (Phi) is 6.71. The summed E-state index contributed by atoms with van der Waals surface area (Å²) in [5.74, 6) is -0.531. The van der Waals surface area contributed by atoms with Gasteiger partial charge < -0.3 is 34.3 Å². The van der Waals surface area contributed by atoms with E-state index < -0.39 is 30.7 Å². The second-order valence-corrected chi connectivity index (χ2v) is 8.41. The summed E-state index contributed by atoms with van der Waals surface area (Å²) in [5.41, 5.74) is 2.33. The number of aryl methyl sites for hydroxylation is 2. The zero-order chi connectivity index (χ0) is 23.7. The van der Waals surface area contributed by atoms with Crippen LogP contribution in [0.4, 0.5) is 0 Å². The van der Waals surface area contributed by atoms with E-state index in [1.807, 2.05) is 24.3 Å². The monoisotopic (exact) mass is 456 g/mol. The molecular formula is C25H28O8. The Morgan fingerprint density at radius 3 is 2.61 bits per heavy atom. The summed E-state index contributed by atoms with van der Waals surface area (Å²) < 4.78 is 16.8. The molecule has 1 aromatic heterocycles. The molecule has 2 heterocycles. The molecule has 3 aromatic rings. The Bertz CT molecular complexity index is 1130. The number of rotatable bonds is 7. The molecule has 8 heteroatoms. The van der Waals surface area contributed by atoms with E-state index in [2.05, 4.69) is 0 Å². The van der Waals surface area contributed by atoms with E-state index in [1.54, 1.807) is 26.2 Å². The molecule has 1 fully saturated rings. The van der Waals surface area contributed by atoms with Crippen molar-refractivity contribution in [1.29, 1.82) is 0 Å². The number of benzene rings is 2. The standard InChI is InChI=1S/C25H28O8/c1-3-18-22(28)23(29)24(30)25(32-18)33-20-11-13(2)10-17(27)21(20)16(26)6-4-14-5-7-19-15(12-14)8-9-31-19/h5,7-12,18,22-25,27-30H,3-4,6H2,1-2H3. The number of aliphatic hydroxyl groups is 3. The van der Waals surface area contributed by atoms with Gasteiger partial charge in [-0.2, -0.15) is 0 Å². The highest BCUT2D eigenvalue weighted by Gasteiger charge is 2.44. The molecule has 1 aliphatic rings. The first-order chi connectivity index (χ1) is 15.8. The smallest absolute Gasteiger partial charge is 0.229 e. The van der Waals surface area contributed by atoms with E-state index in [9.17, 15) is 25.2 Å². The van der Waals surface area contributed by atoms with Crippen molar-refractivity contribution in [3.05, 3.63) is 59.4 Å². The summed E-state index contributed by atoms with van der Waals surface area (Å²) in [6, 6.07) is 10.6. The average Bonchev–Trinajstić information content (AvgIpc) is 3.25. The fourth-order valence-electron chi connectivity index (χ4n) is 4.14. The molecule has 1 aliphatic heterocycles. The van der Waals surface area contributed by atoms with Crippen molar-refractivity contribution < 1.29 is 39.1 Å². The lowest BCUT2D eigenvalue weighted by atomic mass is 9.97. The number of aliphatic hydroxyl groups excluding tert-OH is 3. The maximum absolute atomic E-state index is 13.1. The van der Waals surface area contributed by atoms with Gasteiger partial charge in [-0.1, -0.05) is 13.0 Å².